The van der Waals surface area contributed by atoms with E-state index in [9.17, 15) is 4.79 Å². The first-order valence-corrected chi connectivity index (χ1v) is 5.01. The van der Waals surface area contributed by atoms with Gasteiger partial charge in [0.15, 0.2) is 0 Å². The number of rotatable bonds is 4. The summed E-state index contributed by atoms with van der Waals surface area (Å²) in [5.41, 5.74) is -0.455. The molecule has 1 amide bonds. The van der Waals surface area contributed by atoms with Crippen molar-refractivity contribution >= 4 is 6.09 Å². The van der Waals surface area contributed by atoms with Crippen molar-refractivity contribution in [3.8, 4) is 12.3 Å². The number of hydrogen-bond acceptors (Lipinski definition) is 3. The van der Waals surface area contributed by atoms with Gasteiger partial charge in [-0.2, -0.15) is 0 Å². The van der Waals surface area contributed by atoms with Gasteiger partial charge in [-0.05, 0) is 27.7 Å². The van der Waals surface area contributed by atoms with E-state index >= 15 is 0 Å². The van der Waals surface area contributed by atoms with Crippen LogP contribution >= 0.6 is 0 Å². The molecule has 0 heterocycles. The van der Waals surface area contributed by atoms with Gasteiger partial charge < -0.3 is 15.4 Å². The quantitative estimate of drug-likeness (QED) is 0.542. The average Bonchev–Trinajstić information content (AvgIpc) is 2.09. The minimum atomic E-state index is -0.455. The van der Waals surface area contributed by atoms with Crippen molar-refractivity contribution < 1.29 is 9.53 Å². The van der Waals surface area contributed by atoms with E-state index in [4.69, 9.17) is 11.2 Å². The SMILES string of the molecule is C#CC(C)NCCNC(=O)OC(C)(C)C. The van der Waals surface area contributed by atoms with Crippen LogP contribution in [0.3, 0.4) is 0 Å². The van der Waals surface area contributed by atoms with Crippen LogP contribution in [0, 0.1) is 12.3 Å². The van der Waals surface area contributed by atoms with Gasteiger partial charge in [-0.3, -0.25) is 0 Å². The van der Waals surface area contributed by atoms with E-state index in [1.165, 1.54) is 0 Å². The molecule has 0 spiro atoms. The largest absolute Gasteiger partial charge is 0.444 e. The van der Waals surface area contributed by atoms with E-state index < -0.39 is 11.7 Å². The Bertz CT molecular complexity index is 238. The topological polar surface area (TPSA) is 50.4 Å². The Morgan fingerprint density at radius 1 is 1.47 bits per heavy atom. The van der Waals surface area contributed by atoms with Crippen LogP contribution in [0.15, 0.2) is 0 Å². The molecule has 0 aliphatic carbocycles. The zero-order chi connectivity index (χ0) is 11.9. The van der Waals surface area contributed by atoms with E-state index in [-0.39, 0.29) is 6.04 Å². The van der Waals surface area contributed by atoms with Gasteiger partial charge in [0.25, 0.3) is 0 Å². The summed E-state index contributed by atoms with van der Waals surface area (Å²) in [6, 6.07) is 0.0189. The maximum absolute atomic E-state index is 11.2. The van der Waals surface area contributed by atoms with Gasteiger partial charge in [-0.1, -0.05) is 5.92 Å². The molecule has 0 saturated heterocycles. The summed E-state index contributed by atoms with van der Waals surface area (Å²) in [5, 5.41) is 5.67. The van der Waals surface area contributed by atoms with Crippen LogP contribution in [0.1, 0.15) is 27.7 Å². The lowest BCUT2D eigenvalue weighted by molar-refractivity contribution is 0.0528. The fourth-order valence-corrected chi connectivity index (χ4v) is 0.826. The summed E-state index contributed by atoms with van der Waals surface area (Å²) in [5.74, 6) is 2.54. The lowest BCUT2D eigenvalue weighted by atomic mass is 10.2. The lowest BCUT2D eigenvalue weighted by Crippen LogP contribution is -2.38. The zero-order valence-corrected chi connectivity index (χ0v) is 9.89. The molecule has 0 saturated carbocycles. The van der Waals surface area contributed by atoms with Gasteiger partial charge in [0.05, 0.1) is 6.04 Å². The summed E-state index contributed by atoms with van der Waals surface area (Å²) >= 11 is 0. The summed E-state index contributed by atoms with van der Waals surface area (Å²) in [6.07, 6.45) is 4.77. The highest BCUT2D eigenvalue weighted by atomic mass is 16.6. The first-order valence-electron chi connectivity index (χ1n) is 5.01. The third-order valence-electron chi connectivity index (χ3n) is 1.49. The second-order valence-corrected chi connectivity index (χ2v) is 4.27. The van der Waals surface area contributed by atoms with Gasteiger partial charge in [0.1, 0.15) is 5.60 Å². The average molecular weight is 212 g/mol. The molecule has 0 aromatic rings. The van der Waals surface area contributed by atoms with Crippen molar-refractivity contribution in [2.45, 2.75) is 39.3 Å². The molecule has 1 atom stereocenters. The van der Waals surface area contributed by atoms with Gasteiger partial charge >= 0.3 is 6.09 Å². The van der Waals surface area contributed by atoms with Crippen LogP contribution in [0.4, 0.5) is 4.79 Å². The predicted molar refractivity (Wildman–Crippen MR) is 60.5 cm³/mol. The van der Waals surface area contributed by atoms with E-state index in [2.05, 4.69) is 16.6 Å². The first-order chi connectivity index (χ1) is 6.85. The molecule has 4 nitrogen and oxygen atoms in total. The summed E-state index contributed by atoms with van der Waals surface area (Å²) < 4.78 is 5.05. The minimum Gasteiger partial charge on any atom is -0.444 e. The number of carbonyl (C=O) groups is 1. The number of terminal acetylenes is 1. The van der Waals surface area contributed by atoms with Gasteiger partial charge in [-0.25, -0.2) is 4.79 Å². The van der Waals surface area contributed by atoms with Gasteiger partial charge in [0, 0.05) is 13.1 Å². The summed E-state index contributed by atoms with van der Waals surface area (Å²) in [7, 11) is 0. The summed E-state index contributed by atoms with van der Waals surface area (Å²) in [6.45, 7) is 8.49. The Morgan fingerprint density at radius 3 is 2.53 bits per heavy atom. The van der Waals surface area contributed by atoms with Crippen molar-refractivity contribution in [2.24, 2.45) is 0 Å². The Balaban J connectivity index is 3.53. The maximum Gasteiger partial charge on any atom is 0.407 e. The predicted octanol–water partition coefficient (Wildman–Crippen LogP) is 1.12. The number of alkyl carbamates (subject to hydrolysis) is 1. The summed E-state index contributed by atoms with van der Waals surface area (Å²) in [4.78, 5) is 11.2. The molecule has 0 aromatic heterocycles. The number of ether oxygens (including phenoxy) is 1. The molecule has 1 unspecified atom stereocenters. The molecule has 0 fully saturated rings. The first kappa shape index (κ1) is 13.8. The molecule has 0 aromatic carbocycles. The highest BCUT2D eigenvalue weighted by Crippen LogP contribution is 2.05. The van der Waals surface area contributed by atoms with Crippen LogP contribution in [-0.2, 0) is 4.74 Å². The molecule has 0 rings (SSSR count). The van der Waals surface area contributed by atoms with Crippen LogP contribution < -0.4 is 10.6 Å². The lowest BCUT2D eigenvalue weighted by Gasteiger charge is -2.19. The molecule has 15 heavy (non-hydrogen) atoms. The van der Waals surface area contributed by atoms with Crippen LogP contribution in [0.25, 0.3) is 0 Å². The van der Waals surface area contributed by atoms with Gasteiger partial charge in [-0.15, -0.1) is 6.42 Å². The number of hydrogen-bond donors (Lipinski definition) is 2. The number of carbonyl (C=O) groups excluding carboxylic acids is 1. The van der Waals surface area contributed by atoms with Crippen LogP contribution in [0.5, 0.6) is 0 Å². The van der Waals surface area contributed by atoms with Gasteiger partial charge in [0.2, 0.25) is 0 Å². The molecule has 0 bridgehead atoms. The normalized spacial score (nSPS) is 12.7. The molecule has 0 aliphatic rings. The van der Waals surface area contributed by atoms with E-state index in [0.29, 0.717) is 13.1 Å². The van der Waals surface area contributed by atoms with Crippen molar-refractivity contribution in [1.82, 2.24) is 10.6 Å². The third-order valence-corrected chi connectivity index (χ3v) is 1.49. The third kappa shape index (κ3) is 9.10. The Morgan fingerprint density at radius 2 is 2.07 bits per heavy atom. The monoisotopic (exact) mass is 212 g/mol. The molecule has 0 radical (unpaired) electrons. The second-order valence-electron chi connectivity index (χ2n) is 4.27. The van der Waals surface area contributed by atoms with E-state index in [1.807, 2.05) is 27.7 Å². The minimum absolute atomic E-state index is 0.0189. The standard InChI is InChI=1S/C11H20N2O2/c1-6-9(2)12-7-8-13-10(14)15-11(3,4)5/h1,9,12H,7-8H2,2-5H3,(H,13,14). The molecule has 86 valence electrons. The van der Waals surface area contributed by atoms with Crippen molar-refractivity contribution in [3.63, 3.8) is 0 Å². The Labute approximate surface area is 91.8 Å². The second kappa shape index (κ2) is 6.31. The molecular weight excluding hydrogens is 192 g/mol. The van der Waals surface area contributed by atoms with Crippen LogP contribution in [0.2, 0.25) is 0 Å². The Kier molecular flexibility index (Phi) is 5.80. The molecule has 4 heteroatoms. The fourth-order valence-electron chi connectivity index (χ4n) is 0.826. The maximum atomic E-state index is 11.2. The van der Waals surface area contributed by atoms with Crippen molar-refractivity contribution in [2.75, 3.05) is 13.1 Å². The highest BCUT2D eigenvalue weighted by molar-refractivity contribution is 5.67. The van der Waals surface area contributed by atoms with Crippen molar-refractivity contribution in [3.05, 3.63) is 0 Å². The van der Waals surface area contributed by atoms with E-state index in [0.717, 1.165) is 0 Å². The smallest absolute Gasteiger partial charge is 0.407 e. The highest BCUT2D eigenvalue weighted by Gasteiger charge is 2.15. The molecule has 2 N–H and O–H groups in total. The number of nitrogens with one attached hydrogen (secondary N) is 2. The number of amides is 1. The van der Waals surface area contributed by atoms with Crippen LogP contribution in [-0.4, -0.2) is 30.8 Å². The zero-order valence-electron chi connectivity index (χ0n) is 9.89. The molecular formula is C11H20N2O2. The van der Waals surface area contributed by atoms with E-state index in [1.54, 1.807) is 0 Å². The van der Waals surface area contributed by atoms with Crippen molar-refractivity contribution in [1.29, 1.82) is 0 Å². The Hall–Kier alpha value is -1.21. The molecule has 0 aliphatic heterocycles. The fraction of sp³-hybridized carbons (Fsp3) is 0.727.